The van der Waals surface area contributed by atoms with Crippen molar-refractivity contribution in [3.63, 3.8) is 0 Å². The van der Waals surface area contributed by atoms with Crippen molar-refractivity contribution < 1.29 is 4.79 Å². The number of hydrogen-bond acceptors (Lipinski definition) is 2. The van der Waals surface area contributed by atoms with E-state index in [1.165, 1.54) is 0 Å². The number of hydrogen-bond donors (Lipinski definition) is 3. The van der Waals surface area contributed by atoms with E-state index in [1.54, 1.807) is 13.1 Å². The molecule has 130 valence electrons. The second-order valence-corrected chi connectivity index (χ2v) is 5.89. The molecule has 0 saturated carbocycles. The van der Waals surface area contributed by atoms with Crippen molar-refractivity contribution >= 4 is 53.1 Å². The molecule has 0 atom stereocenters. The number of carbonyl (C=O) groups is 1. The van der Waals surface area contributed by atoms with E-state index < -0.39 is 0 Å². The summed E-state index contributed by atoms with van der Waals surface area (Å²) in [5.74, 6) is 1.19. The Hall–Kier alpha value is -1.02. The number of rotatable bonds is 6. The molecule has 7 heteroatoms. The lowest BCUT2D eigenvalue weighted by Gasteiger charge is -2.13. The quantitative estimate of drug-likeness (QED) is 0.352. The number of benzene rings is 1. The summed E-state index contributed by atoms with van der Waals surface area (Å²) in [6.45, 7) is 7.49. The highest BCUT2D eigenvalue weighted by molar-refractivity contribution is 14.0. The number of nitrogens with one attached hydrogen (secondary N) is 3. The molecule has 0 saturated heterocycles. The topological polar surface area (TPSA) is 65.5 Å². The maximum atomic E-state index is 12.0. The van der Waals surface area contributed by atoms with Gasteiger partial charge in [-0.05, 0) is 30.5 Å². The van der Waals surface area contributed by atoms with Crippen LogP contribution < -0.4 is 16.0 Å². The SMILES string of the molecule is CN=C(NCCC(=O)Nc1cccc(Cl)c1C)NCC(C)C.I. The van der Waals surface area contributed by atoms with E-state index in [0.29, 0.717) is 29.9 Å². The number of nitrogens with zero attached hydrogens (tertiary/aromatic N) is 1. The Kier molecular flexibility index (Phi) is 11.0. The molecule has 0 fully saturated rings. The molecule has 0 aromatic heterocycles. The Bertz CT molecular complexity index is 535. The molecule has 1 rings (SSSR count). The smallest absolute Gasteiger partial charge is 0.226 e. The van der Waals surface area contributed by atoms with E-state index in [-0.39, 0.29) is 29.9 Å². The van der Waals surface area contributed by atoms with Crippen molar-refractivity contribution in [3.8, 4) is 0 Å². The van der Waals surface area contributed by atoms with Crippen molar-refractivity contribution in [2.45, 2.75) is 27.2 Å². The van der Waals surface area contributed by atoms with Crippen LogP contribution in [0.25, 0.3) is 0 Å². The molecule has 3 N–H and O–H groups in total. The average molecular weight is 453 g/mol. The normalized spacial score (nSPS) is 11.0. The Morgan fingerprint density at radius 2 is 2.00 bits per heavy atom. The molecular weight excluding hydrogens is 427 g/mol. The molecule has 0 bridgehead atoms. The monoisotopic (exact) mass is 452 g/mol. The zero-order valence-electron chi connectivity index (χ0n) is 14.1. The Morgan fingerprint density at radius 3 is 2.61 bits per heavy atom. The summed E-state index contributed by atoms with van der Waals surface area (Å²) in [6.07, 6.45) is 0.355. The summed E-state index contributed by atoms with van der Waals surface area (Å²) in [5, 5.41) is 9.83. The van der Waals surface area contributed by atoms with Crippen LogP contribution in [0.2, 0.25) is 5.02 Å². The van der Waals surface area contributed by atoms with Crippen LogP contribution in [-0.4, -0.2) is 32.0 Å². The molecule has 1 amide bonds. The van der Waals surface area contributed by atoms with Crippen molar-refractivity contribution in [2.24, 2.45) is 10.9 Å². The van der Waals surface area contributed by atoms with Crippen LogP contribution in [0.1, 0.15) is 25.8 Å². The van der Waals surface area contributed by atoms with E-state index in [2.05, 4.69) is 34.8 Å². The minimum absolute atomic E-state index is 0. The predicted octanol–water partition coefficient (Wildman–Crippen LogP) is 3.42. The molecule has 0 aliphatic rings. The molecule has 0 radical (unpaired) electrons. The predicted molar refractivity (Wildman–Crippen MR) is 109 cm³/mol. The van der Waals surface area contributed by atoms with Gasteiger partial charge in [0, 0.05) is 37.3 Å². The van der Waals surface area contributed by atoms with Gasteiger partial charge < -0.3 is 16.0 Å². The van der Waals surface area contributed by atoms with Gasteiger partial charge in [0.25, 0.3) is 0 Å². The molecule has 5 nitrogen and oxygen atoms in total. The first-order valence-corrected chi connectivity index (χ1v) is 7.81. The van der Waals surface area contributed by atoms with E-state index in [9.17, 15) is 4.79 Å². The molecule has 1 aromatic rings. The van der Waals surface area contributed by atoms with Gasteiger partial charge in [0.2, 0.25) is 5.91 Å². The van der Waals surface area contributed by atoms with Gasteiger partial charge in [-0.25, -0.2) is 0 Å². The van der Waals surface area contributed by atoms with Gasteiger partial charge in [0.1, 0.15) is 0 Å². The standard InChI is InChI=1S/C16H25ClN4O.HI/c1-11(2)10-20-16(18-4)19-9-8-15(22)21-14-7-5-6-13(17)12(14)3;/h5-7,11H,8-10H2,1-4H3,(H,21,22)(H2,18,19,20);1H. The summed E-state index contributed by atoms with van der Waals surface area (Å²) in [5.41, 5.74) is 1.62. The highest BCUT2D eigenvalue weighted by atomic mass is 127. The number of halogens is 2. The van der Waals surface area contributed by atoms with Gasteiger partial charge in [0.05, 0.1) is 0 Å². The molecule has 0 aliphatic carbocycles. The molecule has 1 aromatic carbocycles. The van der Waals surface area contributed by atoms with Crippen molar-refractivity contribution in [2.75, 3.05) is 25.5 Å². The van der Waals surface area contributed by atoms with Gasteiger partial charge in [-0.2, -0.15) is 0 Å². The summed E-state index contributed by atoms with van der Waals surface area (Å²) in [4.78, 5) is 16.1. The maximum absolute atomic E-state index is 12.0. The first-order chi connectivity index (χ1) is 10.4. The van der Waals surface area contributed by atoms with Gasteiger partial charge >= 0.3 is 0 Å². The number of anilines is 1. The zero-order chi connectivity index (χ0) is 16.5. The Balaban J connectivity index is 0.00000484. The fourth-order valence-electron chi connectivity index (χ4n) is 1.77. The number of guanidine groups is 1. The minimum atomic E-state index is -0.0582. The van der Waals surface area contributed by atoms with Crippen LogP contribution >= 0.6 is 35.6 Å². The molecule has 0 spiro atoms. The van der Waals surface area contributed by atoms with Gasteiger partial charge in [0.15, 0.2) is 5.96 Å². The highest BCUT2D eigenvalue weighted by Gasteiger charge is 2.07. The summed E-state index contributed by atoms with van der Waals surface area (Å²) in [7, 11) is 1.71. The third-order valence-electron chi connectivity index (χ3n) is 3.09. The second-order valence-electron chi connectivity index (χ2n) is 5.48. The fraction of sp³-hybridized carbons (Fsp3) is 0.500. The number of aliphatic imine (C=N–C) groups is 1. The van der Waals surface area contributed by atoms with Crippen LogP contribution in [0.5, 0.6) is 0 Å². The lowest BCUT2D eigenvalue weighted by molar-refractivity contribution is -0.116. The van der Waals surface area contributed by atoms with E-state index >= 15 is 0 Å². The zero-order valence-corrected chi connectivity index (χ0v) is 17.2. The largest absolute Gasteiger partial charge is 0.356 e. The minimum Gasteiger partial charge on any atom is -0.356 e. The van der Waals surface area contributed by atoms with Crippen LogP contribution in [-0.2, 0) is 4.79 Å². The molecule has 0 unspecified atom stereocenters. The van der Waals surface area contributed by atoms with Crippen molar-refractivity contribution in [3.05, 3.63) is 28.8 Å². The fourth-order valence-corrected chi connectivity index (χ4v) is 1.95. The first kappa shape index (κ1) is 22.0. The summed E-state index contributed by atoms with van der Waals surface area (Å²) < 4.78 is 0. The second kappa shape index (κ2) is 11.5. The highest BCUT2D eigenvalue weighted by Crippen LogP contribution is 2.22. The molecule has 0 heterocycles. The Labute approximate surface area is 160 Å². The lowest BCUT2D eigenvalue weighted by Crippen LogP contribution is -2.40. The van der Waals surface area contributed by atoms with E-state index in [1.807, 2.05) is 19.1 Å². The van der Waals surface area contributed by atoms with Gasteiger partial charge in [-0.3, -0.25) is 9.79 Å². The molecular formula is C16H26ClIN4O. The van der Waals surface area contributed by atoms with Crippen LogP contribution in [0.3, 0.4) is 0 Å². The average Bonchev–Trinajstić information content (AvgIpc) is 2.47. The number of carbonyl (C=O) groups excluding carboxylic acids is 1. The third-order valence-corrected chi connectivity index (χ3v) is 3.50. The first-order valence-electron chi connectivity index (χ1n) is 7.43. The van der Waals surface area contributed by atoms with E-state index in [0.717, 1.165) is 17.8 Å². The van der Waals surface area contributed by atoms with E-state index in [4.69, 9.17) is 11.6 Å². The van der Waals surface area contributed by atoms with Crippen LogP contribution in [0.15, 0.2) is 23.2 Å². The Morgan fingerprint density at radius 1 is 1.30 bits per heavy atom. The van der Waals surface area contributed by atoms with Crippen molar-refractivity contribution in [1.82, 2.24) is 10.6 Å². The van der Waals surface area contributed by atoms with Gasteiger partial charge in [-0.15, -0.1) is 24.0 Å². The van der Waals surface area contributed by atoms with Gasteiger partial charge in [-0.1, -0.05) is 31.5 Å². The maximum Gasteiger partial charge on any atom is 0.226 e. The number of amides is 1. The lowest BCUT2D eigenvalue weighted by atomic mass is 10.2. The summed E-state index contributed by atoms with van der Waals surface area (Å²) >= 11 is 6.03. The molecule has 23 heavy (non-hydrogen) atoms. The molecule has 0 aliphatic heterocycles. The van der Waals surface area contributed by atoms with Crippen LogP contribution in [0, 0.1) is 12.8 Å². The van der Waals surface area contributed by atoms with Crippen molar-refractivity contribution in [1.29, 1.82) is 0 Å². The third kappa shape index (κ3) is 8.41. The summed E-state index contributed by atoms with van der Waals surface area (Å²) in [6, 6.07) is 5.47. The van der Waals surface area contributed by atoms with Crippen LogP contribution in [0.4, 0.5) is 5.69 Å².